The molecule has 0 saturated heterocycles. The van der Waals surface area contributed by atoms with Crippen LogP contribution in [0.4, 0.5) is 5.69 Å². The highest BCUT2D eigenvalue weighted by molar-refractivity contribution is 6.31. The summed E-state index contributed by atoms with van der Waals surface area (Å²) < 4.78 is 1.94. The number of halogens is 2. The average molecular weight is 457 g/mol. The number of nitrogens with one attached hydrogen (secondary N) is 1. The molecule has 160 valence electrons. The highest BCUT2D eigenvalue weighted by atomic mass is 35.5. The van der Waals surface area contributed by atoms with E-state index in [1.54, 1.807) is 42.5 Å². The van der Waals surface area contributed by atoms with Crippen LogP contribution in [0.25, 0.3) is 5.69 Å². The fourth-order valence-corrected chi connectivity index (χ4v) is 3.76. The van der Waals surface area contributed by atoms with E-state index in [4.69, 9.17) is 23.2 Å². The third kappa shape index (κ3) is 5.24. The molecule has 3 rings (SSSR count). The fourth-order valence-electron chi connectivity index (χ4n) is 3.51. The second-order valence-electron chi connectivity index (χ2n) is 7.38. The number of carbonyl (C=O) groups excluding carboxylic acids is 3. The predicted octanol–water partition coefficient (Wildman–Crippen LogP) is 5.82. The first-order valence-corrected chi connectivity index (χ1v) is 10.5. The normalized spacial score (nSPS) is 11.8. The maximum absolute atomic E-state index is 13.0. The van der Waals surface area contributed by atoms with E-state index in [1.165, 1.54) is 6.92 Å². The van der Waals surface area contributed by atoms with Crippen molar-refractivity contribution in [3.8, 4) is 5.69 Å². The van der Waals surface area contributed by atoms with Crippen molar-refractivity contribution in [3.05, 3.63) is 81.6 Å². The van der Waals surface area contributed by atoms with Crippen LogP contribution in [0, 0.1) is 19.8 Å². The Morgan fingerprint density at radius 3 is 2.03 bits per heavy atom. The molecule has 0 bridgehead atoms. The number of amides is 1. The lowest BCUT2D eigenvalue weighted by molar-refractivity contribution is -0.129. The lowest BCUT2D eigenvalue weighted by Gasteiger charge is -2.14. The van der Waals surface area contributed by atoms with Crippen molar-refractivity contribution < 1.29 is 14.4 Å². The van der Waals surface area contributed by atoms with Crippen LogP contribution in [0.15, 0.2) is 54.6 Å². The van der Waals surface area contributed by atoms with Crippen molar-refractivity contribution in [2.24, 2.45) is 5.92 Å². The molecule has 31 heavy (non-hydrogen) atoms. The zero-order chi connectivity index (χ0) is 22.7. The maximum atomic E-state index is 13.0. The van der Waals surface area contributed by atoms with Crippen LogP contribution in [0.1, 0.15) is 35.1 Å². The van der Waals surface area contributed by atoms with Crippen molar-refractivity contribution in [1.82, 2.24) is 4.57 Å². The minimum absolute atomic E-state index is 0.209. The van der Waals surface area contributed by atoms with E-state index in [0.29, 0.717) is 21.3 Å². The van der Waals surface area contributed by atoms with Crippen LogP contribution in [-0.4, -0.2) is 22.0 Å². The average Bonchev–Trinajstić information content (AvgIpc) is 3.02. The van der Waals surface area contributed by atoms with E-state index in [-0.39, 0.29) is 18.0 Å². The molecule has 1 N–H and O–H groups in total. The summed E-state index contributed by atoms with van der Waals surface area (Å²) in [6.07, 6.45) is -0.209. The van der Waals surface area contributed by atoms with Crippen LogP contribution in [0.5, 0.6) is 0 Å². The Morgan fingerprint density at radius 1 is 0.935 bits per heavy atom. The Kier molecular flexibility index (Phi) is 6.98. The minimum Gasteiger partial charge on any atom is -0.325 e. The number of rotatable bonds is 7. The van der Waals surface area contributed by atoms with Gasteiger partial charge >= 0.3 is 0 Å². The molecule has 2 aromatic carbocycles. The van der Waals surface area contributed by atoms with Gasteiger partial charge in [-0.25, -0.2) is 0 Å². The van der Waals surface area contributed by atoms with E-state index >= 15 is 0 Å². The molecule has 1 heterocycles. The molecular formula is C24H22Cl2N2O3. The molecule has 7 heteroatoms. The third-order valence-electron chi connectivity index (χ3n) is 5.12. The summed E-state index contributed by atoms with van der Waals surface area (Å²) in [5.74, 6) is -2.23. The molecule has 0 spiro atoms. The molecule has 3 aromatic rings. The number of anilines is 1. The molecule has 0 radical (unpaired) electrons. The molecule has 1 aromatic heterocycles. The number of aromatic nitrogens is 1. The van der Waals surface area contributed by atoms with Gasteiger partial charge in [0.25, 0.3) is 0 Å². The first-order chi connectivity index (χ1) is 14.7. The molecule has 0 aliphatic rings. The zero-order valence-electron chi connectivity index (χ0n) is 17.4. The molecule has 1 amide bonds. The summed E-state index contributed by atoms with van der Waals surface area (Å²) >= 11 is 11.8. The van der Waals surface area contributed by atoms with Gasteiger partial charge in [-0.05, 0) is 75.4 Å². The van der Waals surface area contributed by atoms with Gasteiger partial charge in [0, 0.05) is 44.8 Å². The topological polar surface area (TPSA) is 68.2 Å². The number of carbonyl (C=O) groups is 3. The van der Waals surface area contributed by atoms with Crippen molar-refractivity contribution in [2.45, 2.75) is 27.2 Å². The second kappa shape index (κ2) is 9.50. The third-order valence-corrected chi connectivity index (χ3v) is 5.63. The van der Waals surface area contributed by atoms with Gasteiger partial charge in [-0.3, -0.25) is 14.4 Å². The number of aryl methyl sites for hydroxylation is 1. The standard InChI is InChI=1S/C24H22Cl2N2O3/c1-14-12-21(15(2)28(14)20-10-6-18(26)7-11-20)23(30)13-22(16(3)29)24(31)27-19-8-4-17(25)5-9-19/h4-12,22H,13H2,1-3H3,(H,27,31)/t22-/m0/s1. The Bertz CT molecular complexity index is 1130. The van der Waals surface area contributed by atoms with E-state index in [9.17, 15) is 14.4 Å². The summed E-state index contributed by atoms with van der Waals surface area (Å²) in [6.45, 7) is 5.05. The van der Waals surface area contributed by atoms with Crippen LogP contribution in [-0.2, 0) is 9.59 Å². The van der Waals surface area contributed by atoms with Gasteiger partial charge in [-0.15, -0.1) is 0 Å². The number of hydrogen-bond donors (Lipinski definition) is 1. The quantitative estimate of drug-likeness (QED) is 0.359. The zero-order valence-corrected chi connectivity index (χ0v) is 18.9. The highest BCUT2D eigenvalue weighted by Crippen LogP contribution is 2.25. The van der Waals surface area contributed by atoms with Crippen LogP contribution in [0.2, 0.25) is 10.0 Å². The van der Waals surface area contributed by atoms with Crippen molar-refractivity contribution >= 4 is 46.4 Å². The Labute approximate surface area is 191 Å². The first-order valence-electron chi connectivity index (χ1n) is 9.72. The summed E-state index contributed by atoms with van der Waals surface area (Å²) in [6, 6.07) is 15.6. The number of ketones is 2. The maximum Gasteiger partial charge on any atom is 0.235 e. The monoisotopic (exact) mass is 456 g/mol. The van der Waals surface area contributed by atoms with Gasteiger partial charge in [-0.1, -0.05) is 23.2 Å². The molecular weight excluding hydrogens is 435 g/mol. The van der Waals surface area contributed by atoms with Crippen molar-refractivity contribution in [1.29, 1.82) is 0 Å². The van der Waals surface area contributed by atoms with E-state index in [0.717, 1.165) is 17.1 Å². The van der Waals surface area contributed by atoms with Crippen molar-refractivity contribution in [2.75, 3.05) is 5.32 Å². The van der Waals surface area contributed by atoms with Crippen LogP contribution >= 0.6 is 23.2 Å². The largest absolute Gasteiger partial charge is 0.325 e. The lowest BCUT2D eigenvalue weighted by atomic mass is 9.94. The molecule has 0 aliphatic heterocycles. The molecule has 0 unspecified atom stereocenters. The fraction of sp³-hybridized carbons (Fsp3) is 0.208. The van der Waals surface area contributed by atoms with Gasteiger partial charge < -0.3 is 9.88 Å². The Morgan fingerprint density at radius 2 is 1.48 bits per heavy atom. The minimum atomic E-state index is -1.08. The van der Waals surface area contributed by atoms with Crippen LogP contribution < -0.4 is 5.32 Å². The summed E-state index contributed by atoms with van der Waals surface area (Å²) in [5.41, 5.74) is 3.48. The van der Waals surface area contributed by atoms with Crippen molar-refractivity contribution in [3.63, 3.8) is 0 Å². The van der Waals surface area contributed by atoms with E-state index in [2.05, 4.69) is 5.32 Å². The van der Waals surface area contributed by atoms with Crippen LogP contribution in [0.3, 0.4) is 0 Å². The van der Waals surface area contributed by atoms with E-state index < -0.39 is 11.8 Å². The smallest absolute Gasteiger partial charge is 0.235 e. The van der Waals surface area contributed by atoms with Gasteiger partial charge in [0.15, 0.2) is 5.78 Å². The Hall–Kier alpha value is -2.89. The van der Waals surface area contributed by atoms with Gasteiger partial charge in [0.05, 0.1) is 0 Å². The first kappa shape index (κ1) is 22.8. The summed E-state index contributed by atoms with van der Waals surface area (Å²) in [5, 5.41) is 3.84. The summed E-state index contributed by atoms with van der Waals surface area (Å²) in [7, 11) is 0. The molecule has 1 atom stereocenters. The number of hydrogen-bond acceptors (Lipinski definition) is 3. The number of nitrogens with zero attached hydrogens (tertiary/aromatic N) is 1. The molecule has 0 saturated carbocycles. The number of benzene rings is 2. The molecule has 0 aliphatic carbocycles. The molecule has 0 fully saturated rings. The highest BCUT2D eigenvalue weighted by Gasteiger charge is 2.28. The summed E-state index contributed by atoms with van der Waals surface area (Å²) in [4.78, 5) is 37.9. The van der Waals surface area contributed by atoms with Gasteiger partial charge in [0.2, 0.25) is 5.91 Å². The van der Waals surface area contributed by atoms with E-state index in [1.807, 2.05) is 30.5 Å². The second-order valence-corrected chi connectivity index (χ2v) is 8.26. The Balaban J connectivity index is 1.82. The predicted molar refractivity (Wildman–Crippen MR) is 123 cm³/mol. The lowest BCUT2D eigenvalue weighted by Crippen LogP contribution is -2.30. The number of Topliss-reactive ketones (excluding diaryl/α,β-unsaturated/α-hetero) is 2. The SMILES string of the molecule is CC(=O)[C@H](CC(=O)c1cc(C)n(-c2ccc(Cl)cc2)c1C)C(=O)Nc1ccc(Cl)cc1. The van der Waals surface area contributed by atoms with Gasteiger partial charge in [0.1, 0.15) is 11.7 Å². The molecule has 5 nitrogen and oxygen atoms in total. The van der Waals surface area contributed by atoms with Gasteiger partial charge in [-0.2, -0.15) is 0 Å².